The zero-order chi connectivity index (χ0) is 14.6. The van der Waals surface area contributed by atoms with Crippen LogP contribution in [0.2, 0.25) is 0 Å². The predicted octanol–water partition coefficient (Wildman–Crippen LogP) is 1.19. The van der Waals surface area contributed by atoms with Crippen molar-refractivity contribution in [3.8, 4) is 5.75 Å². The highest BCUT2D eigenvalue weighted by molar-refractivity contribution is 7.19. The van der Waals surface area contributed by atoms with E-state index in [1.165, 1.54) is 11.3 Å². The number of anilines is 2. The Bertz CT molecular complexity index is 443. The van der Waals surface area contributed by atoms with Crippen LogP contribution < -0.4 is 21.5 Å². The maximum absolute atomic E-state index is 11.3. The molecule has 1 aromatic heterocycles. The maximum Gasteiger partial charge on any atom is 0.261 e. The van der Waals surface area contributed by atoms with Crippen LogP contribution in [0.25, 0.3) is 0 Å². The summed E-state index contributed by atoms with van der Waals surface area (Å²) >= 11 is 1.23. The van der Waals surface area contributed by atoms with Gasteiger partial charge in [0, 0.05) is 13.1 Å². The number of likely N-dealkylation sites (N-methyl/N-ethyl adjacent to an activating group) is 1. The first kappa shape index (κ1) is 15.6. The van der Waals surface area contributed by atoms with Crippen molar-refractivity contribution in [2.45, 2.75) is 20.0 Å². The molecule has 0 saturated carbocycles. The van der Waals surface area contributed by atoms with Gasteiger partial charge in [-0.2, -0.15) is 0 Å². The topological polar surface area (TPSA) is 93.6 Å². The monoisotopic (exact) mass is 286 g/mol. The lowest BCUT2D eigenvalue weighted by molar-refractivity contribution is 0.100. The standard InChI is InChI=1S/C12H22N4O2S/c1-7(2)18-9-8(13)10(11(14)17)19-12(9)15-5-6-16(3)4/h7,15H,5-6,13H2,1-4H3,(H2,14,17). The van der Waals surface area contributed by atoms with E-state index in [9.17, 15) is 4.79 Å². The second-order valence-electron chi connectivity index (χ2n) is 4.76. The third-order valence-electron chi connectivity index (χ3n) is 2.32. The van der Waals surface area contributed by atoms with Gasteiger partial charge in [0.2, 0.25) is 0 Å². The number of amides is 1. The fourth-order valence-corrected chi connectivity index (χ4v) is 2.41. The van der Waals surface area contributed by atoms with Crippen molar-refractivity contribution in [1.29, 1.82) is 0 Å². The van der Waals surface area contributed by atoms with Gasteiger partial charge < -0.3 is 26.4 Å². The van der Waals surface area contributed by atoms with Crippen molar-refractivity contribution in [2.24, 2.45) is 5.73 Å². The molecule has 19 heavy (non-hydrogen) atoms. The molecular weight excluding hydrogens is 264 g/mol. The molecule has 0 bridgehead atoms. The second-order valence-corrected chi connectivity index (χ2v) is 5.78. The summed E-state index contributed by atoms with van der Waals surface area (Å²) in [6, 6.07) is 0. The molecule has 0 fully saturated rings. The summed E-state index contributed by atoms with van der Waals surface area (Å²) in [5.74, 6) is -0.00989. The Morgan fingerprint density at radius 2 is 2.11 bits per heavy atom. The fourth-order valence-electron chi connectivity index (χ4n) is 1.47. The number of primary amides is 1. The Morgan fingerprint density at radius 3 is 2.58 bits per heavy atom. The zero-order valence-electron chi connectivity index (χ0n) is 11.8. The number of nitrogen functional groups attached to an aromatic ring is 1. The molecule has 0 spiro atoms. The summed E-state index contributed by atoms with van der Waals surface area (Å²) in [6.45, 7) is 5.42. The molecule has 5 N–H and O–H groups in total. The molecule has 6 nitrogen and oxygen atoms in total. The van der Waals surface area contributed by atoms with Crippen LogP contribution in [0.15, 0.2) is 0 Å². The molecule has 0 radical (unpaired) electrons. The van der Waals surface area contributed by atoms with Gasteiger partial charge in [-0.15, -0.1) is 11.3 Å². The molecule has 0 aliphatic heterocycles. The van der Waals surface area contributed by atoms with E-state index in [4.69, 9.17) is 16.2 Å². The lowest BCUT2D eigenvalue weighted by atomic mass is 10.3. The first-order valence-electron chi connectivity index (χ1n) is 6.10. The van der Waals surface area contributed by atoms with Crippen LogP contribution >= 0.6 is 11.3 Å². The Kier molecular flexibility index (Phi) is 5.44. The Balaban J connectivity index is 2.93. The number of carbonyl (C=O) groups excluding carboxylic acids is 1. The third-order valence-corrected chi connectivity index (χ3v) is 3.48. The highest BCUT2D eigenvalue weighted by atomic mass is 32.1. The first-order valence-corrected chi connectivity index (χ1v) is 6.91. The molecular formula is C12H22N4O2S. The summed E-state index contributed by atoms with van der Waals surface area (Å²) in [7, 11) is 3.98. The van der Waals surface area contributed by atoms with Gasteiger partial charge in [0.1, 0.15) is 15.6 Å². The van der Waals surface area contributed by atoms with Crippen LogP contribution in [0.4, 0.5) is 10.7 Å². The minimum absolute atomic E-state index is 0.0213. The number of hydrogen-bond acceptors (Lipinski definition) is 6. The second kappa shape index (κ2) is 6.63. The molecule has 0 aliphatic rings. The summed E-state index contributed by atoms with van der Waals surface area (Å²) in [6.07, 6.45) is -0.0213. The lowest BCUT2D eigenvalue weighted by Gasteiger charge is -2.14. The van der Waals surface area contributed by atoms with E-state index in [0.717, 1.165) is 18.1 Å². The van der Waals surface area contributed by atoms with E-state index >= 15 is 0 Å². The molecule has 108 valence electrons. The normalized spacial score (nSPS) is 11.1. The number of nitrogens with two attached hydrogens (primary N) is 2. The number of thiophene rings is 1. The predicted molar refractivity (Wildman–Crippen MR) is 80.1 cm³/mol. The number of carbonyl (C=O) groups is 1. The van der Waals surface area contributed by atoms with Crippen molar-refractivity contribution in [3.05, 3.63) is 4.88 Å². The smallest absolute Gasteiger partial charge is 0.261 e. The summed E-state index contributed by atoms with van der Waals surface area (Å²) in [4.78, 5) is 13.7. The Hall–Kier alpha value is -1.47. The SMILES string of the molecule is CC(C)Oc1c(NCCN(C)C)sc(C(N)=O)c1N. The fraction of sp³-hybridized carbons (Fsp3) is 0.583. The molecule has 0 atom stereocenters. The molecule has 0 aliphatic carbocycles. The first-order chi connectivity index (χ1) is 8.82. The largest absolute Gasteiger partial charge is 0.486 e. The van der Waals surface area contributed by atoms with Crippen LogP contribution in [0.3, 0.4) is 0 Å². The van der Waals surface area contributed by atoms with Gasteiger partial charge in [-0.1, -0.05) is 0 Å². The van der Waals surface area contributed by atoms with Crippen molar-refractivity contribution in [1.82, 2.24) is 4.90 Å². The minimum Gasteiger partial charge on any atom is -0.486 e. The molecule has 1 rings (SSSR count). The molecule has 1 heterocycles. The van der Waals surface area contributed by atoms with Crippen LogP contribution in [-0.4, -0.2) is 44.1 Å². The van der Waals surface area contributed by atoms with Gasteiger partial charge in [0.25, 0.3) is 5.91 Å². The maximum atomic E-state index is 11.3. The number of ether oxygens (including phenoxy) is 1. The summed E-state index contributed by atoms with van der Waals surface area (Å²) in [5.41, 5.74) is 11.5. The van der Waals surface area contributed by atoms with Gasteiger partial charge in [-0.05, 0) is 27.9 Å². The average Bonchev–Trinajstić information content (AvgIpc) is 2.56. The molecule has 0 unspecified atom stereocenters. The van der Waals surface area contributed by atoms with Crippen molar-refractivity contribution in [3.63, 3.8) is 0 Å². The number of rotatable bonds is 7. The summed E-state index contributed by atoms with van der Waals surface area (Å²) < 4.78 is 5.67. The molecule has 7 heteroatoms. The minimum atomic E-state index is -0.531. The molecule has 1 amide bonds. The van der Waals surface area contributed by atoms with Gasteiger partial charge in [0.15, 0.2) is 5.75 Å². The van der Waals surface area contributed by atoms with Crippen LogP contribution in [0, 0.1) is 0 Å². The van der Waals surface area contributed by atoms with Crippen molar-refractivity contribution in [2.75, 3.05) is 38.2 Å². The Labute approximate surface area is 117 Å². The van der Waals surface area contributed by atoms with Gasteiger partial charge in [-0.25, -0.2) is 0 Å². The van der Waals surface area contributed by atoms with Gasteiger partial charge >= 0.3 is 0 Å². The number of hydrogen-bond donors (Lipinski definition) is 3. The number of nitrogens with one attached hydrogen (secondary N) is 1. The zero-order valence-corrected chi connectivity index (χ0v) is 12.6. The van der Waals surface area contributed by atoms with E-state index in [2.05, 4.69) is 10.2 Å². The third kappa shape index (κ3) is 4.29. The molecule has 0 aromatic carbocycles. The highest BCUT2D eigenvalue weighted by Crippen LogP contribution is 2.42. The van der Waals surface area contributed by atoms with Crippen LogP contribution in [-0.2, 0) is 0 Å². The number of nitrogens with zero attached hydrogens (tertiary/aromatic N) is 1. The summed E-state index contributed by atoms with van der Waals surface area (Å²) in [5, 5.41) is 3.98. The van der Waals surface area contributed by atoms with E-state index in [-0.39, 0.29) is 6.10 Å². The van der Waals surface area contributed by atoms with E-state index in [0.29, 0.717) is 16.3 Å². The van der Waals surface area contributed by atoms with Crippen LogP contribution in [0.5, 0.6) is 5.75 Å². The van der Waals surface area contributed by atoms with Gasteiger partial charge in [0.05, 0.1) is 6.10 Å². The van der Waals surface area contributed by atoms with E-state index < -0.39 is 5.91 Å². The van der Waals surface area contributed by atoms with E-state index in [1.807, 2.05) is 27.9 Å². The lowest BCUT2D eigenvalue weighted by Crippen LogP contribution is -2.20. The highest BCUT2D eigenvalue weighted by Gasteiger charge is 2.21. The van der Waals surface area contributed by atoms with Crippen molar-refractivity contribution >= 4 is 27.9 Å². The quantitative estimate of drug-likeness (QED) is 0.700. The van der Waals surface area contributed by atoms with Crippen molar-refractivity contribution < 1.29 is 9.53 Å². The Morgan fingerprint density at radius 1 is 1.47 bits per heavy atom. The molecule has 1 aromatic rings. The average molecular weight is 286 g/mol. The van der Waals surface area contributed by atoms with E-state index in [1.54, 1.807) is 0 Å². The van der Waals surface area contributed by atoms with Crippen LogP contribution in [0.1, 0.15) is 23.5 Å². The molecule has 0 saturated heterocycles. The van der Waals surface area contributed by atoms with Gasteiger partial charge in [-0.3, -0.25) is 4.79 Å².